The van der Waals surface area contributed by atoms with Crippen LogP contribution in [0.25, 0.3) is 0 Å². The number of carbonyl (C=O) groups excluding carboxylic acids is 1. The predicted octanol–water partition coefficient (Wildman–Crippen LogP) is 1.03. The lowest BCUT2D eigenvalue weighted by atomic mass is 10.0. The highest BCUT2D eigenvalue weighted by atomic mass is 16.5. The van der Waals surface area contributed by atoms with Crippen LogP contribution in [0, 0.1) is 0 Å². The molecule has 0 spiro atoms. The zero-order chi connectivity index (χ0) is 17.1. The quantitative estimate of drug-likeness (QED) is 0.896. The molecule has 4 heterocycles. The Balaban J connectivity index is 1.48. The molecule has 0 aliphatic carbocycles. The standard InChI is InChI=1S/C18H21N5O2/c24-18(14-10-20-7-8-21-14)22-15-12-23(11-13-3-5-19-6-4-13)16-2-1-9-25-17(15)16/h3-8,10,15-17H,1-2,9,11-12H2,(H,22,24)/t15-,16-,17-/m0/s1. The van der Waals surface area contributed by atoms with Gasteiger partial charge in [-0.05, 0) is 30.5 Å². The van der Waals surface area contributed by atoms with Crippen LogP contribution in [0.15, 0.2) is 43.1 Å². The molecule has 4 rings (SSSR count). The first kappa shape index (κ1) is 16.1. The zero-order valence-electron chi connectivity index (χ0n) is 13.9. The average Bonchev–Trinajstić information content (AvgIpc) is 3.01. The van der Waals surface area contributed by atoms with Gasteiger partial charge in [0.1, 0.15) is 5.69 Å². The van der Waals surface area contributed by atoms with Crippen molar-refractivity contribution >= 4 is 5.91 Å². The summed E-state index contributed by atoms with van der Waals surface area (Å²) >= 11 is 0. The van der Waals surface area contributed by atoms with Crippen LogP contribution in [0.3, 0.4) is 0 Å². The molecule has 130 valence electrons. The van der Waals surface area contributed by atoms with Crippen molar-refractivity contribution in [2.45, 2.75) is 37.6 Å². The van der Waals surface area contributed by atoms with Crippen molar-refractivity contribution in [2.75, 3.05) is 13.2 Å². The number of aromatic nitrogens is 3. The third-order valence-electron chi connectivity index (χ3n) is 4.88. The van der Waals surface area contributed by atoms with Gasteiger partial charge in [-0.15, -0.1) is 0 Å². The maximum Gasteiger partial charge on any atom is 0.271 e. The molecule has 0 saturated carbocycles. The number of ether oxygens (including phenoxy) is 1. The lowest BCUT2D eigenvalue weighted by Crippen LogP contribution is -2.47. The molecule has 2 aliphatic heterocycles. The van der Waals surface area contributed by atoms with Crippen LogP contribution in [0.1, 0.15) is 28.9 Å². The average molecular weight is 339 g/mol. The van der Waals surface area contributed by atoms with Crippen LogP contribution in [-0.4, -0.2) is 57.1 Å². The summed E-state index contributed by atoms with van der Waals surface area (Å²) in [6.45, 7) is 2.36. The molecule has 7 nitrogen and oxygen atoms in total. The molecule has 0 aromatic carbocycles. The van der Waals surface area contributed by atoms with E-state index in [1.165, 1.54) is 18.0 Å². The Morgan fingerprint density at radius 1 is 1.24 bits per heavy atom. The minimum Gasteiger partial charge on any atom is -0.374 e. The van der Waals surface area contributed by atoms with Crippen molar-refractivity contribution in [3.63, 3.8) is 0 Å². The molecule has 0 bridgehead atoms. The highest BCUT2D eigenvalue weighted by Crippen LogP contribution is 2.30. The molecule has 0 unspecified atom stereocenters. The third-order valence-corrected chi connectivity index (χ3v) is 4.88. The van der Waals surface area contributed by atoms with E-state index in [-0.39, 0.29) is 18.1 Å². The largest absolute Gasteiger partial charge is 0.374 e. The van der Waals surface area contributed by atoms with Gasteiger partial charge in [-0.25, -0.2) is 4.98 Å². The first-order valence-electron chi connectivity index (χ1n) is 8.63. The Morgan fingerprint density at radius 2 is 2.12 bits per heavy atom. The van der Waals surface area contributed by atoms with Gasteiger partial charge in [0.2, 0.25) is 0 Å². The number of hydrogen-bond acceptors (Lipinski definition) is 6. The molecular weight excluding hydrogens is 318 g/mol. The second-order valence-corrected chi connectivity index (χ2v) is 6.50. The number of hydrogen-bond donors (Lipinski definition) is 1. The third kappa shape index (κ3) is 3.52. The molecule has 1 amide bonds. The number of nitrogens with zero attached hydrogens (tertiary/aromatic N) is 4. The molecule has 2 saturated heterocycles. The van der Waals surface area contributed by atoms with E-state index in [1.54, 1.807) is 6.20 Å². The number of pyridine rings is 1. The fourth-order valence-corrected chi connectivity index (χ4v) is 3.74. The van der Waals surface area contributed by atoms with Gasteiger partial charge in [0.25, 0.3) is 5.91 Å². The van der Waals surface area contributed by atoms with Crippen molar-refractivity contribution in [3.05, 3.63) is 54.4 Å². The van der Waals surface area contributed by atoms with Gasteiger partial charge in [-0.2, -0.15) is 0 Å². The van der Waals surface area contributed by atoms with E-state index in [4.69, 9.17) is 4.74 Å². The Bertz CT molecular complexity index is 712. The highest BCUT2D eigenvalue weighted by Gasteiger charge is 2.44. The summed E-state index contributed by atoms with van der Waals surface area (Å²) in [6.07, 6.45) is 10.4. The van der Waals surface area contributed by atoms with Gasteiger partial charge in [0, 0.05) is 50.5 Å². The molecular formula is C18H21N5O2. The fraction of sp³-hybridized carbons (Fsp3) is 0.444. The molecule has 25 heavy (non-hydrogen) atoms. The van der Waals surface area contributed by atoms with Gasteiger partial charge in [0.15, 0.2) is 0 Å². The summed E-state index contributed by atoms with van der Waals surface area (Å²) in [5.41, 5.74) is 1.56. The van der Waals surface area contributed by atoms with Crippen molar-refractivity contribution < 1.29 is 9.53 Å². The van der Waals surface area contributed by atoms with Crippen LogP contribution in [0.2, 0.25) is 0 Å². The molecule has 2 aliphatic rings. The van der Waals surface area contributed by atoms with E-state index >= 15 is 0 Å². The second-order valence-electron chi connectivity index (χ2n) is 6.50. The minimum atomic E-state index is -0.197. The topological polar surface area (TPSA) is 80.2 Å². The number of carbonyl (C=O) groups is 1. The van der Waals surface area contributed by atoms with Gasteiger partial charge in [-0.3, -0.25) is 19.7 Å². The van der Waals surface area contributed by atoms with E-state index in [2.05, 4.69) is 25.2 Å². The van der Waals surface area contributed by atoms with Crippen LogP contribution in [0.5, 0.6) is 0 Å². The van der Waals surface area contributed by atoms with Gasteiger partial charge < -0.3 is 10.1 Å². The minimum absolute atomic E-state index is 0.0243. The van der Waals surface area contributed by atoms with Crippen LogP contribution in [0.4, 0.5) is 0 Å². The summed E-state index contributed by atoms with van der Waals surface area (Å²) in [6, 6.07) is 4.35. The molecule has 2 fully saturated rings. The Morgan fingerprint density at radius 3 is 2.92 bits per heavy atom. The number of likely N-dealkylation sites (tertiary alicyclic amines) is 1. The lowest BCUT2D eigenvalue weighted by Gasteiger charge is -2.32. The maximum atomic E-state index is 12.4. The zero-order valence-corrected chi connectivity index (χ0v) is 13.9. The van der Waals surface area contributed by atoms with Crippen molar-refractivity contribution in [2.24, 2.45) is 0 Å². The fourth-order valence-electron chi connectivity index (χ4n) is 3.74. The van der Waals surface area contributed by atoms with Crippen LogP contribution < -0.4 is 5.32 Å². The van der Waals surface area contributed by atoms with Crippen molar-refractivity contribution in [3.8, 4) is 0 Å². The molecule has 3 atom stereocenters. The first-order chi connectivity index (χ1) is 12.3. The lowest BCUT2D eigenvalue weighted by molar-refractivity contribution is -0.0211. The Labute approximate surface area is 146 Å². The summed E-state index contributed by atoms with van der Waals surface area (Å²) in [7, 11) is 0. The maximum absolute atomic E-state index is 12.4. The van der Waals surface area contributed by atoms with Crippen molar-refractivity contribution in [1.82, 2.24) is 25.2 Å². The molecule has 1 N–H and O–H groups in total. The Kier molecular flexibility index (Phi) is 4.67. The molecule has 7 heteroatoms. The van der Waals surface area contributed by atoms with E-state index in [1.807, 2.05) is 24.5 Å². The van der Waals surface area contributed by atoms with E-state index < -0.39 is 0 Å². The SMILES string of the molecule is O=C(N[C@H]1CN(Cc2ccncc2)[C@H]2CCCO[C@@H]12)c1cnccn1. The number of nitrogens with one attached hydrogen (secondary N) is 1. The van der Waals surface area contributed by atoms with E-state index in [0.29, 0.717) is 11.7 Å². The summed E-state index contributed by atoms with van der Waals surface area (Å²) in [4.78, 5) is 27.0. The van der Waals surface area contributed by atoms with Crippen molar-refractivity contribution in [1.29, 1.82) is 0 Å². The number of rotatable bonds is 4. The highest BCUT2D eigenvalue weighted by molar-refractivity contribution is 5.92. The van der Waals surface area contributed by atoms with E-state index in [0.717, 1.165) is 32.5 Å². The number of fused-ring (bicyclic) bond motifs is 1. The smallest absolute Gasteiger partial charge is 0.271 e. The second kappa shape index (κ2) is 7.25. The van der Waals surface area contributed by atoms with Gasteiger partial charge in [0.05, 0.1) is 18.3 Å². The van der Waals surface area contributed by atoms with Gasteiger partial charge >= 0.3 is 0 Å². The Hall–Kier alpha value is -2.38. The summed E-state index contributed by atoms with van der Waals surface area (Å²) < 4.78 is 6.01. The normalized spacial score (nSPS) is 26.2. The number of amides is 1. The monoisotopic (exact) mass is 339 g/mol. The molecule has 0 radical (unpaired) electrons. The van der Waals surface area contributed by atoms with E-state index in [9.17, 15) is 4.79 Å². The molecule has 2 aromatic rings. The summed E-state index contributed by atoms with van der Waals surface area (Å²) in [5.74, 6) is -0.197. The van der Waals surface area contributed by atoms with Crippen LogP contribution >= 0.6 is 0 Å². The van der Waals surface area contributed by atoms with Gasteiger partial charge in [-0.1, -0.05) is 0 Å². The summed E-state index contributed by atoms with van der Waals surface area (Å²) in [5, 5.41) is 3.09. The first-order valence-corrected chi connectivity index (χ1v) is 8.63. The van der Waals surface area contributed by atoms with Crippen LogP contribution in [-0.2, 0) is 11.3 Å². The predicted molar refractivity (Wildman–Crippen MR) is 90.7 cm³/mol. The molecule has 2 aromatic heterocycles.